The Labute approximate surface area is 254 Å². The molecule has 5 aromatic rings. The monoisotopic (exact) mass is 594 g/mol. The van der Waals surface area contributed by atoms with Gasteiger partial charge in [0.1, 0.15) is 18.2 Å². The number of hydrogen-bond acceptors (Lipinski definition) is 6. The lowest BCUT2D eigenvalue weighted by Crippen LogP contribution is -2.40. The van der Waals surface area contributed by atoms with Gasteiger partial charge in [-0.3, -0.25) is 9.69 Å². The number of benzene rings is 4. The summed E-state index contributed by atoms with van der Waals surface area (Å²) in [5, 5.41) is 20.1. The van der Waals surface area contributed by atoms with Crippen LogP contribution in [0, 0.1) is 5.92 Å². The van der Waals surface area contributed by atoms with Gasteiger partial charge in [-0.15, -0.1) is 0 Å². The molecule has 0 radical (unpaired) electrons. The number of carbonyl (C=O) groups excluding carboxylic acids is 1. The van der Waals surface area contributed by atoms with E-state index in [2.05, 4.69) is 51.2 Å². The zero-order chi connectivity index (χ0) is 30.9. The van der Waals surface area contributed by atoms with E-state index in [4.69, 9.17) is 29.5 Å². The van der Waals surface area contributed by atoms with E-state index in [1.54, 1.807) is 0 Å². The summed E-state index contributed by atoms with van der Waals surface area (Å²) in [7, 11) is 0. The second-order valence-electron chi connectivity index (χ2n) is 10.6. The number of aromatic nitrogens is 2. The topological polar surface area (TPSA) is 134 Å². The van der Waals surface area contributed by atoms with Crippen LogP contribution < -0.4 is 10.1 Å². The fourth-order valence-electron chi connectivity index (χ4n) is 5.42. The largest absolute Gasteiger partial charge is 0.486 e. The van der Waals surface area contributed by atoms with E-state index in [1.165, 1.54) is 0 Å². The molecule has 1 aromatic heterocycles. The molecule has 4 aromatic carbocycles. The van der Waals surface area contributed by atoms with E-state index < -0.39 is 11.9 Å². The van der Waals surface area contributed by atoms with E-state index in [9.17, 15) is 4.79 Å². The summed E-state index contributed by atoms with van der Waals surface area (Å²) in [6.45, 7) is 3.59. The van der Waals surface area contributed by atoms with Crippen LogP contribution >= 0.6 is 0 Å². The van der Waals surface area contributed by atoms with Crippen molar-refractivity contribution < 1.29 is 29.3 Å². The van der Waals surface area contributed by atoms with Gasteiger partial charge in [0.05, 0.1) is 17.6 Å². The summed E-state index contributed by atoms with van der Waals surface area (Å²) in [4.78, 5) is 38.2. The highest BCUT2D eigenvalue weighted by Gasteiger charge is 2.23. The average molecular weight is 595 g/mol. The molecule has 226 valence electrons. The molecule has 1 saturated heterocycles. The second-order valence-corrected chi connectivity index (χ2v) is 10.6. The molecule has 10 nitrogen and oxygen atoms in total. The van der Waals surface area contributed by atoms with Crippen LogP contribution in [0.3, 0.4) is 0 Å². The highest BCUT2D eigenvalue weighted by molar-refractivity contribution is 6.27. The Bertz CT molecular complexity index is 1730. The number of imidazole rings is 1. The molecule has 44 heavy (non-hydrogen) atoms. The molecule has 1 aliphatic heterocycles. The van der Waals surface area contributed by atoms with Crippen molar-refractivity contribution in [2.45, 2.75) is 26.0 Å². The van der Waals surface area contributed by atoms with Gasteiger partial charge < -0.3 is 24.8 Å². The number of nitrogens with one attached hydrogen (secondary N) is 1. The first-order valence-electron chi connectivity index (χ1n) is 14.5. The van der Waals surface area contributed by atoms with Crippen LogP contribution in [0.5, 0.6) is 5.75 Å². The molecule has 0 aliphatic carbocycles. The molecule has 2 heterocycles. The summed E-state index contributed by atoms with van der Waals surface area (Å²) in [5.41, 5.74) is 3.03. The van der Waals surface area contributed by atoms with Crippen molar-refractivity contribution in [2.24, 2.45) is 5.92 Å². The SMILES string of the molecule is O=C(CN1CCC(Cn2c(COc3ccccc3)nc3ccccc32)CC1)Nc1cccc2ccccc12.O=C(O)C(=O)O. The molecule has 0 spiro atoms. The lowest BCUT2D eigenvalue weighted by atomic mass is 9.96. The zero-order valence-corrected chi connectivity index (χ0v) is 24.1. The minimum atomic E-state index is -1.82. The van der Waals surface area contributed by atoms with Gasteiger partial charge in [-0.25, -0.2) is 14.6 Å². The first kappa shape index (κ1) is 30.2. The van der Waals surface area contributed by atoms with Crippen LogP contribution in [0.2, 0.25) is 0 Å². The quantitative estimate of drug-likeness (QED) is 0.207. The van der Waals surface area contributed by atoms with Crippen LogP contribution in [0.25, 0.3) is 21.8 Å². The fourth-order valence-corrected chi connectivity index (χ4v) is 5.42. The van der Waals surface area contributed by atoms with Crippen molar-refractivity contribution in [2.75, 3.05) is 25.0 Å². The molecule has 0 saturated carbocycles. The number of rotatable bonds is 8. The smallest absolute Gasteiger partial charge is 0.414 e. The Morgan fingerprint density at radius 2 is 1.48 bits per heavy atom. The van der Waals surface area contributed by atoms with Gasteiger partial charge in [0.15, 0.2) is 0 Å². The summed E-state index contributed by atoms with van der Waals surface area (Å²) in [5.74, 6) is -1.28. The Morgan fingerprint density at radius 3 is 2.23 bits per heavy atom. The minimum Gasteiger partial charge on any atom is -0.486 e. The summed E-state index contributed by atoms with van der Waals surface area (Å²) in [6, 6.07) is 32.4. The number of nitrogens with zero attached hydrogens (tertiary/aromatic N) is 3. The number of carbonyl (C=O) groups is 3. The highest BCUT2D eigenvalue weighted by Crippen LogP contribution is 2.26. The van der Waals surface area contributed by atoms with E-state index in [1.807, 2.05) is 60.7 Å². The number of fused-ring (bicyclic) bond motifs is 2. The van der Waals surface area contributed by atoms with Gasteiger partial charge in [0.2, 0.25) is 5.91 Å². The van der Waals surface area contributed by atoms with Gasteiger partial charge in [0, 0.05) is 17.6 Å². The molecular weight excluding hydrogens is 560 g/mol. The third-order valence-corrected chi connectivity index (χ3v) is 7.61. The third kappa shape index (κ3) is 7.78. The average Bonchev–Trinajstić information content (AvgIpc) is 3.39. The van der Waals surface area contributed by atoms with Crippen LogP contribution in [-0.2, 0) is 27.5 Å². The number of anilines is 1. The Morgan fingerprint density at radius 1 is 0.818 bits per heavy atom. The molecule has 1 aliphatic rings. The zero-order valence-electron chi connectivity index (χ0n) is 24.1. The van der Waals surface area contributed by atoms with Gasteiger partial charge in [-0.05, 0) is 67.6 Å². The van der Waals surface area contributed by atoms with E-state index in [0.29, 0.717) is 19.1 Å². The number of aliphatic carboxylic acids is 2. The maximum absolute atomic E-state index is 12.9. The number of carboxylic acids is 2. The van der Waals surface area contributed by atoms with Crippen molar-refractivity contribution in [3.8, 4) is 5.75 Å². The highest BCUT2D eigenvalue weighted by atomic mass is 16.5. The van der Waals surface area contributed by atoms with Gasteiger partial charge in [-0.2, -0.15) is 0 Å². The number of amides is 1. The van der Waals surface area contributed by atoms with Crippen molar-refractivity contribution in [1.82, 2.24) is 14.5 Å². The van der Waals surface area contributed by atoms with Crippen molar-refractivity contribution in [1.29, 1.82) is 0 Å². The molecule has 0 atom stereocenters. The first-order valence-corrected chi connectivity index (χ1v) is 14.5. The molecule has 6 rings (SSSR count). The maximum Gasteiger partial charge on any atom is 0.414 e. The van der Waals surface area contributed by atoms with Crippen LogP contribution in [0.15, 0.2) is 97.1 Å². The van der Waals surface area contributed by atoms with E-state index >= 15 is 0 Å². The van der Waals surface area contributed by atoms with Crippen molar-refractivity contribution >= 4 is 45.3 Å². The molecule has 0 bridgehead atoms. The lowest BCUT2D eigenvalue weighted by Gasteiger charge is -2.32. The van der Waals surface area contributed by atoms with Gasteiger partial charge in [0.25, 0.3) is 0 Å². The predicted octanol–water partition coefficient (Wildman–Crippen LogP) is 5.27. The predicted molar refractivity (Wildman–Crippen MR) is 168 cm³/mol. The minimum absolute atomic E-state index is 0.0424. The Kier molecular flexibility index (Phi) is 9.83. The second kappa shape index (κ2) is 14.3. The molecule has 3 N–H and O–H groups in total. The molecule has 10 heteroatoms. The first-order chi connectivity index (χ1) is 21.4. The fraction of sp³-hybridized carbons (Fsp3) is 0.235. The van der Waals surface area contributed by atoms with Gasteiger partial charge >= 0.3 is 11.9 Å². The summed E-state index contributed by atoms with van der Waals surface area (Å²) in [6.07, 6.45) is 2.10. The number of ether oxygens (including phenoxy) is 1. The summed E-state index contributed by atoms with van der Waals surface area (Å²) >= 11 is 0. The van der Waals surface area contributed by atoms with Crippen LogP contribution in [0.1, 0.15) is 18.7 Å². The molecular formula is C34H34N4O6. The molecule has 0 unspecified atom stereocenters. The van der Waals surface area contributed by atoms with Crippen molar-refractivity contribution in [3.05, 3.63) is 103 Å². The standard InChI is InChI=1S/C32H32N4O2.C2H2O4/c37-32(34-28-15-8-10-25-9-4-5-13-27(25)28)22-35-19-17-24(18-20-35)21-36-30-16-7-6-14-29(30)33-31(36)23-38-26-11-2-1-3-12-26;3-1(4)2(5)6/h1-16,24H,17-23H2,(H,34,37);(H,3,4)(H,5,6). The maximum atomic E-state index is 12.9. The number of likely N-dealkylation sites (tertiary alicyclic amines) is 1. The Hall–Kier alpha value is -5.22. The normalized spacial score (nSPS) is 13.6. The number of hydrogen-bond donors (Lipinski definition) is 3. The number of para-hydroxylation sites is 3. The Balaban J connectivity index is 0.000000584. The third-order valence-electron chi connectivity index (χ3n) is 7.61. The van der Waals surface area contributed by atoms with Crippen LogP contribution in [-0.4, -0.2) is 62.1 Å². The number of carboxylic acid groups (broad SMARTS) is 2. The van der Waals surface area contributed by atoms with E-state index in [0.717, 1.165) is 71.5 Å². The molecule has 1 fully saturated rings. The van der Waals surface area contributed by atoms with Crippen LogP contribution in [0.4, 0.5) is 5.69 Å². The van der Waals surface area contributed by atoms with Crippen molar-refractivity contribution in [3.63, 3.8) is 0 Å². The summed E-state index contributed by atoms with van der Waals surface area (Å²) < 4.78 is 8.38. The number of piperidine rings is 1. The van der Waals surface area contributed by atoms with Gasteiger partial charge in [-0.1, -0.05) is 66.7 Å². The lowest BCUT2D eigenvalue weighted by molar-refractivity contribution is -0.159. The van der Waals surface area contributed by atoms with E-state index in [-0.39, 0.29) is 5.91 Å². The molecule has 1 amide bonds.